The largest absolute Gasteiger partial charge is 0.369 e. The molecule has 0 aliphatic carbocycles. The Bertz CT molecular complexity index is 2650. The van der Waals surface area contributed by atoms with Crippen molar-refractivity contribution in [2.24, 2.45) is 5.73 Å². The lowest BCUT2D eigenvalue weighted by molar-refractivity contribution is 0.102. The number of benzene rings is 4. The van der Waals surface area contributed by atoms with Gasteiger partial charge in [0.15, 0.2) is 11.4 Å². The van der Waals surface area contributed by atoms with E-state index in [1.54, 1.807) is 77.5 Å². The molecule has 2 aromatic heterocycles. The number of nitrogens with one attached hydrogen (secondary N) is 3. The van der Waals surface area contributed by atoms with Gasteiger partial charge in [0.2, 0.25) is 21.6 Å². The molecule has 4 aromatic carbocycles. The molecule has 0 aliphatic rings. The molecule has 17 heteroatoms. The summed E-state index contributed by atoms with van der Waals surface area (Å²) in [5.41, 5.74) is 10.3. The van der Waals surface area contributed by atoms with E-state index in [1.165, 1.54) is 4.68 Å². The van der Waals surface area contributed by atoms with Crippen molar-refractivity contribution in [2.75, 3.05) is 43.1 Å². The number of aryl methyl sites for hydroxylation is 2. The van der Waals surface area contributed by atoms with Crippen LogP contribution in [0.25, 0.3) is 11.4 Å². The second kappa shape index (κ2) is 20.6. The highest BCUT2D eigenvalue weighted by molar-refractivity contribution is 7.88. The number of nitriles is 2. The Labute approximate surface area is 358 Å². The SMILES string of the molecule is Cc1ccc(C(=O)c2nn(-c3ccc(Cl)cc3)c(NCCCN)c2C#N)cc1.Cc1ccc(C(=O)c2nn(-c3ccc(Cl)cc3)c(NCCCNS(C)(=O)=O)c2C#N)cc1. The van der Waals surface area contributed by atoms with Crippen LogP contribution in [0.3, 0.4) is 0 Å². The van der Waals surface area contributed by atoms with Crippen molar-refractivity contribution in [3.8, 4) is 23.5 Å². The summed E-state index contributed by atoms with van der Waals surface area (Å²) < 4.78 is 27.9. The molecule has 0 amide bonds. The number of nitrogens with zero attached hydrogens (tertiary/aromatic N) is 6. The molecule has 60 heavy (non-hydrogen) atoms. The number of anilines is 2. The van der Waals surface area contributed by atoms with Gasteiger partial charge in [0.05, 0.1) is 17.6 Å². The molecule has 0 aliphatic heterocycles. The number of halogens is 2. The monoisotopic (exact) mass is 864 g/mol. The molecule has 0 saturated carbocycles. The molecule has 6 rings (SSSR count). The van der Waals surface area contributed by atoms with E-state index < -0.39 is 10.0 Å². The Hall–Kier alpha value is -6.33. The quantitative estimate of drug-likeness (QED) is 0.0575. The topological polar surface area (TPSA) is 214 Å². The summed E-state index contributed by atoms with van der Waals surface area (Å²) in [5, 5.41) is 36.0. The maximum Gasteiger partial charge on any atom is 0.214 e. The van der Waals surface area contributed by atoms with Crippen molar-refractivity contribution >= 4 is 56.4 Å². The van der Waals surface area contributed by atoms with Gasteiger partial charge in [0.1, 0.15) is 34.9 Å². The Morgan fingerprint density at radius 2 is 1.03 bits per heavy atom. The van der Waals surface area contributed by atoms with Gasteiger partial charge < -0.3 is 16.4 Å². The fraction of sp³-hybridized carbons (Fsp3) is 0.209. The maximum atomic E-state index is 13.1. The smallest absolute Gasteiger partial charge is 0.214 e. The van der Waals surface area contributed by atoms with Gasteiger partial charge in [-0.15, -0.1) is 0 Å². The van der Waals surface area contributed by atoms with Crippen LogP contribution >= 0.6 is 23.2 Å². The van der Waals surface area contributed by atoms with Crippen molar-refractivity contribution in [3.05, 3.63) is 152 Å². The fourth-order valence-corrected chi connectivity index (χ4v) is 6.54. The van der Waals surface area contributed by atoms with Crippen LogP contribution in [0.4, 0.5) is 11.6 Å². The highest BCUT2D eigenvalue weighted by atomic mass is 35.5. The third-order valence-electron chi connectivity index (χ3n) is 8.88. The van der Waals surface area contributed by atoms with Crippen molar-refractivity contribution in [2.45, 2.75) is 26.7 Å². The summed E-state index contributed by atoms with van der Waals surface area (Å²) >= 11 is 12.0. The number of hydrogen-bond acceptors (Lipinski definition) is 11. The highest BCUT2D eigenvalue weighted by Gasteiger charge is 2.26. The van der Waals surface area contributed by atoms with E-state index in [2.05, 4.69) is 37.7 Å². The number of ketones is 2. The summed E-state index contributed by atoms with van der Waals surface area (Å²) in [6.45, 7) is 5.53. The van der Waals surface area contributed by atoms with Crippen LogP contribution in [0.5, 0.6) is 0 Å². The number of sulfonamides is 1. The van der Waals surface area contributed by atoms with Gasteiger partial charge in [-0.1, -0.05) is 82.9 Å². The molecule has 2 heterocycles. The molecule has 0 unspecified atom stereocenters. The van der Waals surface area contributed by atoms with Crippen molar-refractivity contribution in [1.29, 1.82) is 10.5 Å². The normalized spacial score (nSPS) is 10.9. The molecular formula is C43H42Cl2N10O4S. The number of rotatable bonds is 16. The van der Waals surface area contributed by atoms with E-state index in [-0.39, 0.29) is 40.6 Å². The lowest BCUT2D eigenvalue weighted by Gasteiger charge is -2.10. The van der Waals surface area contributed by atoms with E-state index in [0.717, 1.165) is 23.8 Å². The number of carbonyl (C=O) groups excluding carboxylic acids is 2. The third kappa shape index (κ3) is 11.4. The van der Waals surface area contributed by atoms with Crippen molar-refractivity contribution in [1.82, 2.24) is 24.3 Å². The average Bonchev–Trinajstić information content (AvgIpc) is 3.79. The lowest BCUT2D eigenvalue weighted by atomic mass is 10.0. The first-order valence-corrected chi connectivity index (χ1v) is 21.3. The van der Waals surface area contributed by atoms with E-state index >= 15 is 0 Å². The van der Waals surface area contributed by atoms with Gasteiger partial charge in [0.25, 0.3) is 0 Å². The number of aromatic nitrogens is 4. The van der Waals surface area contributed by atoms with Crippen LogP contribution in [0, 0.1) is 36.5 Å². The molecule has 0 radical (unpaired) electrons. The molecule has 0 fully saturated rings. The fourth-order valence-electron chi connectivity index (χ4n) is 5.78. The summed E-state index contributed by atoms with van der Waals surface area (Å²) in [7, 11) is -3.28. The van der Waals surface area contributed by atoms with Crippen LogP contribution < -0.4 is 21.1 Å². The molecule has 0 saturated heterocycles. The zero-order valence-corrected chi connectivity index (χ0v) is 35.4. The van der Waals surface area contributed by atoms with Crippen LogP contribution in [-0.4, -0.2) is 72.0 Å². The van der Waals surface area contributed by atoms with E-state index in [0.29, 0.717) is 70.2 Å². The first kappa shape index (κ1) is 44.8. The lowest BCUT2D eigenvalue weighted by Crippen LogP contribution is -2.24. The molecule has 5 N–H and O–H groups in total. The van der Waals surface area contributed by atoms with Crippen LogP contribution in [0.1, 0.15) is 67.2 Å². The Balaban J connectivity index is 0.000000230. The van der Waals surface area contributed by atoms with Gasteiger partial charge in [-0.05, 0) is 81.8 Å². The second-order valence-corrected chi connectivity index (χ2v) is 16.3. The Morgan fingerprint density at radius 3 is 1.38 bits per heavy atom. The minimum absolute atomic E-state index is 0.0306. The molecule has 308 valence electrons. The van der Waals surface area contributed by atoms with E-state index in [9.17, 15) is 28.5 Å². The minimum atomic E-state index is -3.28. The van der Waals surface area contributed by atoms with Gasteiger partial charge >= 0.3 is 0 Å². The second-order valence-electron chi connectivity index (χ2n) is 13.6. The average molecular weight is 866 g/mol. The zero-order valence-electron chi connectivity index (χ0n) is 33.0. The zero-order chi connectivity index (χ0) is 43.4. The van der Waals surface area contributed by atoms with Gasteiger partial charge in [-0.2, -0.15) is 20.7 Å². The Kier molecular flexibility index (Phi) is 15.4. The summed E-state index contributed by atoms with van der Waals surface area (Å²) in [6, 6.07) is 32.3. The summed E-state index contributed by atoms with van der Waals surface area (Å²) in [4.78, 5) is 26.1. The molecule has 14 nitrogen and oxygen atoms in total. The van der Waals surface area contributed by atoms with Crippen molar-refractivity contribution in [3.63, 3.8) is 0 Å². The molecular weight excluding hydrogens is 824 g/mol. The first-order chi connectivity index (χ1) is 28.7. The number of hydrogen-bond donors (Lipinski definition) is 4. The van der Waals surface area contributed by atoms with E-state index in [4.69, 9.17) is 28.9 Å². The maximum absolute atomic E-state index is 13.1. The molecule has 0 spiro atoms. The van der Waals surface area contributed by atoms with E-state index in [1.807, 2.05) is 38.1 Å². The summed E-state index contributed by atoms with van der Waals surface area (Å²) in [5.74, 6) is 0.153. The molecule has 0 atom stereocenters. The van der Waals surface area contributed by atoms with Gasteiger partial charge in [0, 0.05) is 40.8 Å². The van der Waals surface area contributed by atoms with Crippen LogP contribution in [0.15, 0.2) is 97.1 Å². The molecule has 0 bridgehead atoms. The van der Waals surface area contributed by atoms with Crippen LogP contribution in [0.2, 0.25) is 10.0 Å². The number of nitrogens with two attached hydrogens (primary N) is 1. The van der Waals surface area contributed by atoms with Crippen LogP contribution in [-0.2, 0) is 10.0 Å². The standard InChI is InChI=1S/C22H22ClN5O3S.C21H20ClN5O/c1-15-4-6-16(7-5-15)21(29)20-19(14-24)22(25-12-3-13-26-32(2,30)31)28(27-20)18-10-8-17(23)9-11-18;1-14-3-5-15(6-4-14)20(28)19-18(13-24)21(25-12-2-11-23)27(26-19)17-9-7-16(22)8-10-17/h4-11,25-26H,3,12-13H2,1-2H3;3-10,25H,2,11-12,23H2,1H3. The number of carbonyl (C=O) groups is 2. The third-order valence-corrected chi connectivity index (χ3v) is 10.1. The molecule has 6 aromatic rings. The highest BCUT2D eigenvalue weighted by Crippen LogP contribution is 2.28. The minimum Gasteiger partial charge on any atom is -0.369 e. The van der Waals surface area contributed by atoms with Gasteiger partial charge in [-0.3, -0.25) is 9.59 Å². The van der Waals surface area contributed by atoms with Crippen molar-refractivity contribution < 1.29 is 18.0 Å². The predicted molar refractivity (Wildman–Crippen MR) is 234 cm³/mol. The predicted octanol–water partition coefficient (Wildman–Crippen LogP) is 6.99. The first-order valence-electron chi connectivity index (χ1n) is 18.7. The Morgan fingerprint density at radius 1 is 0.650 bits per heavy atom. The van der Waals surface area contributed by atoms with Gasteiger partial charge in [-0.25, -0.2) is 22.5 Å². The summed E-state index contributed by atoms with van der Waals surface area (Å²) in [6.07, 6.45) is 2.27.